The van der Waals surface area contributed by atoms with Crippen LogP contribution >= 0.6 is 0 Å². The normalized spacial score (nSPS) is 27.2. The molecule has 2 atom stereocenters. The van der Waals surface area contributed by atoms with E-state index in [0.717, 1.165) is 18.2 Å². The van der Waals surface area contributed by atoms with Crippen molar-refractivity contribution in [2.45, 2.75) is 45.6 Å². The lowest BCUT2D eigenvalue weighted by atomic mass is 9.92. The third kappa shape index (κ3) is 2.20. The molecule has 0 bridgehead atoms. The minimum Gasteiger partial charge on any atom is -0.307 e. The molecular weight excluding hydrogens is 188 g/mol. The van der Waals surface area contributed by atoms with E-state index >= 15 is 0 Å². The molecule has 0 saturated carbocycles. The highest BCUT2D eigenvalue weighted by Gasteiger charge is 2.25. The summed E-state index contributed by atoms with van der Waals surface area (Å²) in [5, 5.41) is 10.8. The standard InChI is InChI=1S/C11H20N4/c1-7(2)10-13-11(15-14-10)9-8(3)5-4-6-12-9/h7-9,12H,4-6H2,1-3H3,(H,13,14,15). The average molecular weight is 208 g/mol. The Morgan fingerprint density at radius 1 is 1.40 bits per heavy atom. The van der Waals surface area contributed by atoms with Crippen LogP contribution in [0.5, 0.6) is 0 Å². The van der Waals surface area contributed by atoms with Crippen molar-refractivity contribution in [1.29, 1.82) is 0 Å². The Hall–Kier alpha value is -0.900. The van der Waals surface area contributed by atoms with Crippen LogP contribution in [-0.2, 0) is 0 Å². The summed E-state index contributed by atoms with van der Waals surface area (Å²) in [6, 6.07) is 0.360. The average Bonchev–Trinajstić information content (AvgIpc) is 2.67. The van der Waals surface area contributed by atoms with E-state index < -0.39 is 0 Å². The fraction of sp³-hybridized carbons (Fsp3) is 0.818. The van der Waals surface area contributed by atoms with Crippen LogP contribution in [0.1, 0.15) is 57.2 Å². The molecule has 0 amide bonds. The van der Waals surface area contributed by atoms with Crippen molar-refractivity contribution in [2.24, 2.45) is 5.92 Å². The molecule has 4 heteroatoms. The molecule has 84 valence electrons. The maximum atomic E-state index is 4.55. The van der Waals surface area contributed by atoms with Crippen molar-refractivity contribution in [1.82, 2.24) is 20.5 Å². The highest BCUT2D eigenvalue weighted by Crippen LogP contribution is 2.26. The Labute approximate surface area is 90.9 Å². The molecule has 1 aromatic rings. The predicted octanol–water partition coefficient (Wildman–Crippen LogP) is 1.99. The second-order valence-electron chi connectivity index (χ2n) is 4.78. The number of rotatable bonds is 2. The summed E-state index contributed by atoms with van der Waals surface area (Å²) < 4.78 is 0. The van der Waals surface area contributed by atoms with E-state index in [1.54, 1.807) is 0 Å². The molecule has 15 heavy (non-hydrogen) atoms. The molecule has 2 unspecified atom stereocenters. The van der Waals surface area contributed by atoms with Gasteiger partial charge in [-0.1, -0.05) is 20.8 Å². The number of hydrogen-bond donors (Lipinski definition) is 2. The highest BCUT2D eigenvalue weighted by atomic mass is 15.2. The van der Waals surface area contributed by atoms with Crippen LogP contribution in [-0.4, -0.2) is 21.7 Å². The molecule has 4 nitrogen and oxygen atoms in total. The van der Waals surface area contributed by atoms with E-state index in [4.69, 9.17) is 0 Å². The Kier molecular flexibility index (Phi) is 3.05. The van der Waals surface area contributed by atoms with Gasteiger partial charge in [0.05, 0.1) is 6.04 Å². The first-order valence-electron chi connectivity index (χ1n) is 5.84. The molecule has 1 saturated heterocycles. The van der Waals surface area contributed by atoms with E-state index in [2.05, 4.69) is 41.3 Å². The van der Waals surface area contributed by atoms with Crippen molar-refractivity contribution >= 4 is 0 Å². The molecule has 0 radical (unpaired) electrons. The molecule has 2 rings (SSSR count). The number of nitrogens with zero attached hydrogens (tertiary/aromatic N) is 2. The van der Waals surface area contributed by atoms with Crippen molar-refractivity contribution in [3.05, 3.63) is 11.6 Å². The molecular formula is C11H20N4. The lowest BCUT2D eigenvalue weighted by molar-refractivity contribution is 0.295. The van der Waals surface area contributed by atoms with E-state index in [9.17, 15) is 0 Å². The molecule has 1 aliphatic heterocycles. The molecule has 0 aliphatic carbocycles. The van der Waals surface area contributed by atoms with Gasteiger partial charge in [-0.05, 0) is 25.3 Å². The monoisotopic (exact) mass is 208 g/mol. The number of aromatic nitrogens is 3. The molecule has 2 heterocycles. The molecule has 1 fully saturated rings. The molecule has 1 aromatic heterocycles. The van der Waals surface area contributed by atoms with Crippen LogP contribution in [0.2, 0.25) is 0 Å². The van der Waals surface area contributed by atoms with Crippen molar-refractivity contribution in [3.8, 4) is 0 Å². The van der Waals surface area contributed by atoms with Gasteiger partial charge in [-0.15, -0.1) is 0 Å². The lowest BCUT2D eigenvalue weighted by Crippen LogP contribution is -2.33. The maximum Gasteiger partial charge on any atom is 0.153 e. The third-order valence-electron chi connectivity index (χ3n) is 3.10. The minimum absolute atomic E-state index is 0.360. The van der Waals surface area contributed by atoms with Gasteiger partial charge >= 0.3 is 0 Å². The van der Waals surface area contributed by atoms with E-state index in [1.165, 1.54) is 12.8 Å². The van der Waals surface area contributed by atoms with Crippen LogP contribution in [0.25, 0.3) is 0 Å². The number of hydrogen-bond acceptors (Lipinski definition) is 3. The summed E-state index contributed by atoms with van der Waals surface area (Å²) in [7, 11) is 0. The summed E-state index contributed by atoms with van der Waals surface area (Å²) in [6.07, 6.45) is 2.54. The van der Waals surface area contributed by atoms with Gasteiger partial charge in [0.2, 0.25) is 0 Å². The Balaban J connectivity index is 2.13. The van der Waals surface area contributed by atoms with Gasteiger partial charge in [0.25, 0.3) is 0 Å². The summed E-state index contributed by atoms with van der Waals surface area (Å²) in [4.78, 5) is 4.55. The van der Waals surface area contributed by atoms with Gasteiger partial charge in [-0.25, -0.2) is 4.98 Å². The van der Waals surface area contributed by atoms with Gasteiger partial charge in [0.15, 0.2) is 5.82 Å². The van der Waals surface area contributed by atoms with Crippen LogP contribution in [0.15, 0.2) is 0 Å². The third-order valence-corrected chi connectivity index (χ3v) is 3.10. The Bertz CT molecular complexity index is 318. The minimum atomic E-state index is 0.360. The lowest BCUT2D eigenvalue weighted by Gasteiger charge is -2.28. The zero-order valence-electron chi connectivity index (χ0n) is 9.75. The highest BCUT2D eigenvalue weighted by molar-refractivity contribution is 5.02. The van der Waals surface area contributed by atoms with Crippen LogP contribution in [0, 0.1) is 5.92 Å². The fourth-order valence-corrected chi connectivity index (χ4v) is 2.10. The van der Waals surface area contributed by atoms with Crippen LogP contribution in [0.4, 0.5) is 0 Å². The van der Waals surface area contributed by atoms with Crippen LogP contribution in [0.3, 0.4) is 0 Å². The number of nitrogens with one attached hydrogen (secondary N) is 2. The molecule has 2 N–H and O–H groups in total. The van der Waals surface area contributed by atoms with Gasteiger partial charge in [0.1, 0.15) is 5.82 Å². The second kappa shape index (κ2) is 4.31. The zero-order valence-corrected chi connectivity index (χ0v) is 9.75. The topological polar surface area (TPSA) is 53.6 Å². The summed E-state index contributed by atoms with van der Waals surface area (Å²) >= 11 is 0. The van der Waals surface area contributed by atoms with Gasteiger partial charge in [0, 0.05) is 5.92 Å². The largest absolute Gasteiger partial charge is 0.307 e. The number of H-pyrrole nitrogens is 1. The van der Waals surface area contributed by atoms with Crippen molar-refractivity contribution < 1.29 is 0 Å². The first kappa shape index (κ1) is 10.6. The quantitative estimate of drug-likeness (QED) is 0.781. The summed E-state index contributed by atoms with van der Waals surface area (Å²) in [5.41, 5.74) is 0. The van der Waals surface area contributed by atoms with Gasteiger partial charge in [-0.3, -0.25) is 5.10 Å². The zero-order chi connectivity index (χ0) is 10.8. The number of piperidine rings is 1. The fourth-order valence-electron chi connectivity index (χ4n) is 2.10. The Morgan fingerprint density at radius 3 is 2.80 bits per heavy atom. The van der Waals surface area contributed by atoms with Gasteiger partial charge in [-0.2, -0.15) is 5.10 Å². The van der Waals surface area contributed by atoms with Crippen molar-refractivity contribution in [2.75, 3.05) is 6.54 Å². The van der Waals surface area contributed by atoms with E-state index in [0.29, 0.717) is 17.9 Å². The summed E-state index contributed by atoms with van der Waals surface area (Å²) in [5.74, 6) is 2.97. The van der Waals surface area contributed by atoms with Crippen LogP contribution < -0.4 is 5.32 Å². The predicted molar refractivity (Wildman–Crippen MR) is 59.6 cm³/mol. The maximum absolute atomic E-state index is 4.55. The Morgan fingerprint density at radius 2 is 2.20 bits per heavy atom. The first-order valence-corrected chi connectivity index (χ1v) is 5.84. The van der Waals surface area contributed by atoms with Crippen molar-refractivity contribution in [3.63, 3.8) is 0 Å². The van der Waals surface area contributed by atoms with E-state index in [-0.39, 0.29) is 0 Å². The summed E-state index contributed by atoms with van der Waals surface area (Å²) in [6.45, 7) is 7.59. The smallest absolute Gasteiger partial charge is 0.153 e. The van der Waals surface area contributed by atoms with Gasteiger partial charge < -0.3 is 5.32 Å². The molecule has 1 aliphatic rings. The molecule has 0 aromatic carbocycles. The first-order chi connectivity index (χ1) is 7.18. The number of aromatic amines is 1. The molecule has 0 spiro atoms. The SMILES string of the molecule is CC(C)c1n[nH]c(C2NCCCC2C)n1. The second-order valence-corrected chi connectivity index (χ2v) is 4.78. The van der Waals surface area contributed by atoms with E-state index in [1.807, 2.05) is 0 Å².